The van der Waals surface area contributed by atoms with E-state index in [0.717, 1.165) is 35.5 Å². The molecule has 24 heavy (non-hydrogen) atoms. The molecule has 1 aromatic heterocycles. The van der Waals surface area contributed by atoms with Crippen LogP contribution in [0.4, 0.5) is 0 Å². The van der Waals surface area contributed by atoms with Gasteiger partial charge in [-0.15, -0.1) is 0 Å². The summed E-state index contributed by atoms with van der Waals surface area (Å²) >= 11 is 0. The van der Waals surface area contributed by atoms with Gasteiger partial charge in [0.1, 0.15) is 6.04 Å². The molecule has 0 fully saturated rings. The molecule has 0 saturated carbocycles. The average Bonchev–Trinajstić information content (AvgIpc) is 2.83. The van der Waals surface area contributed by atoms with Crippen LogP contribution >= 0.6 is 0 Å². The summed E-state index contributed by atoms with van der Waals surface area (Å²) in [5.74, 6) is 0.0441. The van der Waals surface area contributed by atoms with Crippen LogP contribution in [0.5, 0.6) is 0 Å². The van der Waals surface area contributed by atoms with Crippen LogP contribution in [-0.2, 0) is 11.3 Å². The Morgan fingerprint density at radius 3 is 2.54 bits per heavy atom. The molecule has 0 bridgehead atoms. The van der Waals surface area contributed by atoms with Crippen molar-refractivity contribution in [3.05, 3.63) is 52.8 Å². The summed E-state index contributed by atoms with van der Waals surface area (Å²) in [6.07, 6.45) is 0.863. The van der Waals surface area contributed by atoms with E-state index in [1.54, 1.807) is 0 Å². The van der Waals surface area contributed by atoms with Crippen molar-refractivity contribution in [2.24, 2.45) is 0 Å². The first-order chi connectivity index (χ1) is 11.4. The van der Waals surface area contributed by atoms with Crippen molar-refractivity contribution < 1.29 is 4.79 Å². The van der Waals surface area contributed by atoms with E-state index in [9.17, 15) is 4.79 Å². The van der Waals surface area contributed by atoms with Crippen molar-refractivity contribution in [1.82, 2.24) is 20.0 Å². The molecule has 0 spiro atoms. The number of hydrogen-bond acceptors (Lipinski definition) is 3. The zero-order chi connectivity index (χ0) is 17.7. The maximum absolute atomic E-state index is 12.6. The van der Waals surface area contributed by atoms with Crippen LogP contribution in [0.2, 0.25) is 0 Å². The minimum atomic E-state index is -0.264. The Kier molecular flexibility index (Phi) is 6.15. The lowest BCUT2D eigenvalue weighted by Crippen LogP contribution is -2.38. The molecular weight excluding hydrogens is 300 g/mol. The van der Waals surface area contributed by atoms with E-state index in [-0.39, 0.29) is 11.9 Å². The summed E-state index contributed by atoms with van der Waals surface area (Å²) in [6.45, 7) is 7.56. The van der Waals surface area contributed by atoms with Gasteiger partial charge in [0.25, 0.3) is 0 Å². The predicted molar refractivity (Wildman–Crippen MR) is 96.9 cm³/mol. The highest BCUT2D eigenvalue weighted by molar-refractivity contribution is 5.83. The van der Waals surface area contributed by atoms with Gasteiger partial charge in [0.05, 0.1) is 5.69 Å². The molecule has 1 amide bonds. The van der Waals surface area contributed by atoms with Gasteiger partial charge in [-0.2, -0.15) is 5.10 Å². The molecule has 0 aliphatic heterocycles. The van der Waals surface area contributed by atoms with Crippen LogP contribution in [0.25, 0.3) is 0 Å². The second-order valence-corrected chi connectivity index (χ2v) is 6.52. The van der Waals surface area contributed by atoms with Crippen LogP contribution in [0.3, 0.4) is 0 Å². The molecule has 1 atom stereocenters. The highest BCUT2D eigenvalue weighted by Crippen LogP contribution is 2.21. The number of rotatable bonds is 7. The van der Waals surface area contributed by atoms with Crippen LogP contribution in [-0.4, -0.2) is 41.2 Å². The molecule has 0 aliphatic carbocycles. The quantitative estimate of drug-likeness (QED) is 0.795. The molecule has 5 nitrogen and oxygen atoms in total. The first-order valence-electron chi connectivity index (χ1n) is 8.41. The summed E-state index contributed by atoms with van der Waals surface area (Å²) < 4.78 is 1.99. The van der Waals surface area contributed by atoms with E-state index in [4.69, 9.17) is 0 Å². The summed E-state index contributed by atoms with van der Waals surface area (Å²) in [5.41, 5.74) is 4.38. The minimum Gasteiger partial charge on any atom is -0.354 e. The molecule has 1 aromatic carbocycles. The second-order valence-electron chi connectivity index (χ2n) is 6.52. The van der Waals surface area contributed by atoms with Crippen LogP contribution in [0, 0.1) is 20.8 Å². The highest BCUT2D eigenvalue weighted by atomic mass is 16.2. The molecule has 0 saturated heterocycles. The highest BCUT2D eigenvalue weighted by Gasteiger charge is 2.23. The maximum atomic E-state index is 12.6. The maximum Gasteiger partial charge on any atom is 0.241 e. The monoisotopic (exact) mass is 328 g/mol. The van der Waals surface area contributed by atoms with Gasteiger partial charge in [-0.3, -0.25) is 14.4 Å². The molecule has 2 aromatic rings. The minimum absolute atomic E-state index is 0.0441. The first kappa shape index (κ1) is 18.2. The Bertz CT molecular complexity index is 690. The molecule has 0 aliphatic rings. The number of carbonyl (C=O) groups excluding carboxylic acids is 1. The van der Waals surface area contributed by atoms with Crippen molar-refractivity contribution >= 4 is 5.91 Å². The summed E-state index contributed by atoms with van der Waals surface area (Å²) in [5, 5.41) is 7.51. The molecule has 1 N–H and O–H groups in total. The van der Waals surface area contributed by atoms with E-state index in [1.807, 2.05) is 61.8 Å². The Labute approximate surface area is 144 Å². The molecular formula is C19H28N4O. The van der Waals surface area contributed by atoms with Crippen molar-refractivity contribution in [1.29, 1.82) is 0 Å². The summed E-state index contributed by atoms with van der Waals surface area (Å²) in [7, 11) is 3.87. The van der Waals surface area contributed by atoms with Gasteiger partial charge in [0.2, 0.25) is 5.91 Å². The van der Waals surface area contributed by atoms with E-state index in [2.05, 4.69) is 23.4 Å². The molecule has 130 valence electrons. The third kappa shape index (κ3) is 4.45. The van der Waals surface area contributed by atoms with Crippen LogP contribution < -0.4 is 5.32 Å². The third-order valence-corrected chi connectivity index (χ3v) is 4.20. The van der Waals surface area contributed by atoms with Gasteiger partial charge >= 0.3 is 0 Å². The number of hydrogen-bond donors (Lipinski definition) is 1. The Hall–Kier alpha value is -2.14. The van der Waals surface area contributed by atoms with E-state index in [0.29, 0.717) is 6.54 Å². The number of aryl methyl sites for hydroxylation is 4. The topological polar surface area (TPSA) is 50.2 Å². The normalized spacial score (nSPS) is 12.4. The number of carbonyl (C=O) groups is 1. The fraction of sp³-hybridized carbons (Fsp3) is 0.474. The molecule has 5 heteroatoms. The van der Waals surface area contributed by atoms with Gasteiger partial charge in [-0.05, 0) is 58.5 Å². The average molecular weight is 328 g/mol. The fourth-order valence-corrected chi connectivity index (χ4v) is 2.99. The van der Waals surface area contributed by atoms with Gasteiger partial charge in [-0.1, -0.05) is 24.3 Å². The third-order valence-electron chi connectivity index (χ3n) is 4.20. The van der Waals surface area contributed by atoms with Gasteiger partial charge in [-0.25, -0.2) is 0 Å². The SMILES string of the molecule is Cc1cc(C)n(CCCNC(=O)C(c2ccccc2C)N(C)C)n1. The number of amides is 1. The lowest BCUT2D eigenvalue weighted by Gasteiger charge is -2.25. The zero-order valence-electron chi connectivity index (χ0n) is 15.3. The summed E-state index contributed by atoms with van der Waals surface area (Å²) in [4.78, 5) is 14.6. The van der Waals surface area contributed by atoms with Crippen molar-refractivity contribution in [3.63, 3.8) is 0 Å². The van der Waals surface area contributed by atoms with Crippen molar-refractivity contribution in [2.75, 3.05) is 20.6 Å². The van der Waals surface area contributed by atoms with Gasteiger partial charge in [0, 0.05) is 18.8 Å². The molecule has 1 heterocycles. The summed E-state index contributed by atoms with van der Waals surface area (Å²) in [6, 6.07) is 9.85. The number of benzene rings is 1. The zero-order valence-corrected chi connectivity index (χ0v) is 15.3. The van der Waals surface area contributed by atoms with E-state index < -0.39 is 0 Å². The lowest BCUT2D eigenvalue weighted by molar-refractivity contribution is -0.125. The van der Waals surface area contributed by atoms with Gasteiger partial charge in [0.15, 0.2) is 0 Å². The molecule has 1 unspecified atom stereocenters. The standard InChI is InChI=1S/C19H28N4O/c1-14-9-6-7-10-17(14)18(22(4)5)19(24)20-11-8-12-23-16(3)13-15(2)21-23/h6-7,9-10,13,18H,8,11-12H2,1-5H3,(H,20,24). The largest absolute Gasteiger partial charge is 0.354 e. The van der Waals surface area contributed by atoms with E-state index in [1.165, 1.54) is 0 Å². The fourth-order valence-electron chi connectivity index (χ4n) is 2.99. The van der Waals surface area contributed by atoms with Crippen molar-refractivity contribution in [2.45, 2.75) is 39.8 Å². The lowest BCUT2D eigenvalue weighted by atomic mass is 10.00. The predicted octanol–water partition coefficient (Wildman–Crippen LogP) is 2.62. The van der Waals surface area contributed by atoms with Gasteiger partial charge < -0.3 is 5.32 Å². The second kappa shape index (κ2) is 8.11. The molecule has 0 radical (unpaired) electrons. The van der Waals surface area contributed by atoms with Crippen LogP contribution in [0.1, 0.15) is 35.0 Å². The Morgan fingerprint density at radius 1 is 1.25 bits per heavy atom. The number of nitrogens with zero attached hydrogens (tertiary/aromatic N) is 3. The smallest absolute Gasteiger partial charge is 0.241 e. The van der Waals surface area contributed by atoms with E-state index >= 15 is 0 Å². The van der Waals surface area contributed by atoms with Crippen LogP contribution in [0.15, 0.2) is 30.3 Å². The Morgan fingerprint density at radius 2 is 1.96 bits per heavy atom. The Balaban J connectivity index is 1.92. The number of likely N-dealkylation sites (N-methyl/N-ethyl adjacent to an activating group) is 1. The van der Waals surface area contributed by atoms with Crippen molar-refractivity contribution in [3.8, 4) is 0 Å². The first-order valence-corrected chi connectivity index (χ1v) is 8.41. The number of aromatic nitrogens is 2. The molecule has 2 rings (SSSR count). The number of nitrogens with one attached hydrogen (secondary N) is 1.